The van der Waals surface area contributed by atoms with E-state index >= 15 is 0 Å². The normalized spacial score (nSPS) is 10.0. The van der Waals surface area contributed by atoms with Gasteiger partial charge in [0.2, 0.25) is 0 Å². The van der Waals surface area contributed by atoms with Crippen molar-refractivity contribution in [1.29, 1.82) is 0 Å². The van der Waals surface area contributed by atoms with E-state index in [-0.39, 0.29) is 11.7 Å². The summed E-state index contributed by atoms with van der Waals surface area (Å²) in [6.07, 6.45) is 0.885. The fraction of sp³-hybridized carbons (Fsp3) is 0.250. The first-order valence-electron chi connectivity index (χ1n) is 8.91. The van der Waals surface area contributed by atoms with Crippen LogP contribution in [0.2, 0.25) is 0 Å². The monoisotopic (exact) mass is 479 g/mol. The van der Waals surface area contributed by atoms with Crippen LogP contribution in [0.4, 0.5) is 0 Å². The molecule has 0 spiro atoms. The number of halogens is 1. The number of aryl methyl sites for hydroxylation is 1. The molecule has 0 saturated carbocycles. The summed E-state index contributed by atoms with van der Waals surface area (Å²) in [7, 11) is 0. The second-order valence-corrected chi connectivity index (χ2v) is 7.31. The highest BCUT2D eigenvalue weighted by molar-refractivity contribution is 9.10. The van der Waals surface area contributed by atoms with Crippen LogP contribution < -0.4 is 25.6 Å². The molecule has 2 rings (SSSR count). The predicted molar refractivity (Wildman–Crippen MR) is 118 cm³/mol. The van der Waals surface area contributed by atoms with Gasteiger partial charge in [-0.2, -0.15) is 0 Å². The van der Waals surface area contributed by atoms with Crippen LogP contribution in [0.25, 0.3) is 0 Å². The van der Waals surface area contributed by atoms with Crippen molar-refractivity contribution in [3.8, 4) is 11.5 Å². The number of amides is 2. The molecular formula is C20H22BrN3O4S. The molecule has 0 saturated heterocycles. The smallest absolute Gasteiger partial charge is 0.276 e. The van der Waals surface area contributed by atoms with Gasteiger partial charge in [-0.05, 0) is 71.8 Å². The van der Waals surface area contributed by atoms with E-state index < -0.39 is 11.8 Å². The first-order chi connectivity index (χ1) is 13.9. The summed E-state index contributed by atoms with van der Waals surface area (Å²) in [5.74, 6) is 0.376. The van der Waals surface area contributed by atoms with Crippen LogP contribution in [0.5, 0.6) is 11.5 Å². The molecule has 9 heteroatoms. The second kappa shape index (κ2) is 11.4. The van der Waals surface area contributed by atoms with Crippen molar-refractivity contribution in [1.82, 2.24) is 16.2 Å². The van der Waals surface area contributed by atoms with Crippen molar-refractivity contribution in [2.75, 3.05) is 13.2 Å². The number of hydrogen-bond donors (Lipinski definition) is 3. The summed E-state index contributed by atoms with van der Waals surface area (Å²) in [4.78, 5) is 24.1. The molecule has 154 valence electrons. The average Bonchev–Trinajstić information content (AvgIpc) is 2.70. The molecule has 0 bridgehead atoms. The molecule has 3 N–H and O–H groups in total. The van der Waals surface area contributed by atoms with Gasteiger partial charge in [-0.3, -0.25) is 25.8 Å². The largest absolute Gasteiger partial charge is 0.492 e. The second-order valence-electron chi connectivity index (χ2n) is 6.05. The van der Waals surface area contributed by atoms with E-state index in [1.807, 2.05) is 26.0 Å². The Kier molecular flexibility index (Phi) is 8.88. The number of ether oxygens (including phenoxy) is 2. The first-order valence-corrected chi connectivity index (χ1v) is 10.1. The van der Waals surface area contributed by atoms with Gasteiger partial charge >= 0.3 is 0 Å². The third-order valence-electron chi connectivity index (χ3n) is 3.59. The molecule has 0 heterocycles. The Morgan fingerprint density at radius 2 is 1.79 bits per heavy atom. The van der Waals surface area contributed by atoms with Crippen molar-refractivity contribution in [2.24, 2.45) is 0 Å². The predicted octanol–water partition coefficient (Wildman–Crippen LogP) is 3.26. The van der Waals surface area contributed by atoms with Crippen LogP contribution >= 0.6 is 28.1 Å². The maximum atomic E-state index is 12.3. The van der Waals surface area contributed by atoms with Crippen molar-refractivity contribution in [3.63, 3.8) is 0 Å². The van der Waals surface area contributed by atoms with Crippen LogP contribution in [0.15, 0.2) is 46.9 Å². The molecule has 0 unspecified atom stereocenters. The van der Waals surface area contributed by atoms with Crippen LogP contribution in [0, 0.1) is 6.92 Å². The average molecular weight is 480 g/mol. The van der Waals surface area contributed by atoms with Gasteiger partial charge in [0.05, 0.1) is 11.1 Å². The third-order valence-corrected chi connectivity index (χ3v) is 4.41. The molecular weight excluding hydrogens is 458 g/mol. The Morgan fingerprint density at radius 1 is 1.07 bits per heavy atom. The van der Waals surface area contributed by atoms with Gasteiger partial charge in [0.15, 0.2) is 11.7 Å². The minimum atomic E-state index is -0.442. The number of rotatable bonds is 7. The first kappa shape index (κ1) is 22.6. The Morgan fingerprint density at radius 3 is 2.45 bits per heavy atom. The lowest BCUT2D eigenvalue weighted by atomic mass is 10.2. The van der Waals surface area contributed by atoms with E-state index in [4.69, 9.17) is 21.7 Å². The van der Waals surface area contributed by atoms with E-state index in [0.29, 0.717) is 28.1 Å². The van der Waals surface area contributed by atoms with Crippen molar-refractivity contribution >= 4 is 45.1 Å². The maximum Gasteiger partial charge on any atom is 0.276 e. The minimum absolute atomic E-state index is 0.0406. The molecule has 2 aromatic carbocycles. The maximum absolute atomic E-state index is 12.3. The van der Waals surface area contributed by atoms with Crippen molar-refractivity contribution < 1.29 is 19.1 Å². The number of benzene rings is 2. The van der Waals surface area contributed by atoms with E-state index in [2.05, 4.69) is 32.1 Å². The van der Waals surface area contributed by atoms with Gasteiger partial charge in [-0.1, -0.05) is 24.6 Å². The standard InChI is InChI=1S/C20H22BrN3O4S/c1-3-10-27-17-9-6-14(11-16(17)21)19(26)22-20(29)24-23-18(25)12-28-15-7-4-13(2)5-8-15/h4-9,11H,3,10,12H2,1-2H3,(H,23,25)(H2,22,24,26,29). The summed E-state index contributed by atoms with van der Waals surface area (Å²) in [5, 5.41) is 2.45. The molecule has 0 fully saturated rings. The molecule has 29 heavy (non-hydrogen) atoms. The van der Waals surface area contributed by atoms with Crippen molar-refractivity contribution in [3.05, 3.63) is 58.1 Å². The fourth-order valence-corrected chi connectivity index (χ4v) is 2.76. The van der Waals surface area contributed by atoms with Gasteiger partial charge in [0.25, 0.3) is 11.8 Å². The van der Waals surface area contributed by atoms with Crippen LogP contribution in [0.3, 0.4) is 0 Å². The Balaban J connectivity index is 1.76. The summed E-state index contributed by atoms with van der Waals surface area (Å²) < 4.78 is 11.6. The molecule has 0 aliphatic rings. The number of hydrazine groups is 1. The van der Waals surface area contributed by atoms with Crippen LogP contribution in [-0.2, 0) is 4.79 Å². The third kappa shape index (κ3) is 7.71. The number of carbonyl (C=O) groups excluding carboxylic acids is 2. The molecule has 7 nitrogen and oxygen atoms in total. The highest BCUT2D eigenvalue weighted by atomic mass is 79.9. The molecule has 0 aliphatic heterocycles. The Labute approximate surface area is 183 Å². The van der Waals surface area contributed by atoms with Crippen LogP contribution in [-0.4, -0.2) is 30.1 Å². The lowest BCUT2D eigenvalue weighted by molar-refractivity contribution is -0.123. The molecule has 0 radical (unpaired) electrons. The minimum Gasteiger partial charge on any atom is -0.492 e. The van der Waals surface area contributed by atoms with Crippen molar-refractivity contribution in [2.45, 2.75) is 20.3 Å². The Bertz CT molecular complexity index is 875. The summed E-state index contributed by atoms with van der Waals surface area (Å²) in [6, 6.07) is 12.3. The number of hydrogen-bond acceptors (Lipinski definition) is 5. The van der Waals surface area contributed by atoms with Gasteiger partial charge in [-0.25, -0.2) is 0 Å². The quantitative estimate of drug-likeness (QED) is 0.417. The lowest BCUT2D eigenvalue weighted by Crippen LogP contribution is -2.49. The SMILES string of the molecule is CCCOc1ccc(C(=O)NC(=S)NNC(=O)COc2ccc(C)cc2)cc1Br. The fourth-order valence-electron chi connectivity index (χ4n) is 2.12. The van der Waals surface area contributed by atoms with E-state index in [9.17, 15) is 9.59 Å². The molecule has 0 aromatic heterocycles. The zero-order chi connectivity index (χ0) is 21.2. The van der Waals surface area contributed by atoms with Gasteiger partial charge in [-0.15, -0.1) is 0 Å². The van der Waals surface area contributed by atoms with E-state index in [0.717, 1.165) is 12.0 Å². The lowest BCUT2D eigenvalue weighted by Gasteiger charge is -2.12. The number of thiocarbonyl (C=S) groups is 1. The topological polar surface area (TPSA) is 88.7 Å². The Hall–Kier alpha value is -2.65. The zero-order valence-electron chi connectivity index (χ0n) is 16.1. The number of carbonyl (C=O) groups is 2. The molecule has 2 amide bonds. The summed E-state index contributed by atoms with van der Waals surface area (Å²) in [5.41, 5.74) is 6.32. The highest BCUT2D eigenvalue weighted by Gasteiger charge is 2.11. The van der Waals surface area contributed by atoms with Gasteiger partial charge in [0.1, 0.15) is 11.5 Å². The molecule has 2 aromatic rings. The van der Waals surface area contributed by atoms with E-state index in [1.165, 1.54) is 0 Å². The molecule has 0 atom stereocenters. The summed E-state index contributed by atoms with van der Waals surface area (Å²) in [6.45, 7) is 4.37. The zero-order valence-corrected chi connectivity index (χ0v) is 18.5. The summed E-state index contributed by atoms with van der Waals surface area (Å²) >= 11 is 8.40. The van der Waals surface area contributed by atoms with Crippen LogP contribution in [0.1, 0.15) is 29.3 Å². The van der Waals surface area contributed by atoms with Gasteiger partial charge < -0.3 is 9.47 Å². The highest BCUT2D eigenvalue weighted by Crippen LogP contribution is 2.26. The van der Waals surface area contributed by atoms with Gasteiger partial charge in [0, 0.05) is 5.56 Å². The molecule has 0 aliphatic carbocycles. The number of nitrogens with one attached hydrogen (secondary N) is 3. The van der Waals surface area contributed by atoms with E-state index in [1.54, 1.807) is 30.3 Å².